The lowest BCUT2D eigenvalue weighted by atomic mass is 10.1. The Labute approximate surface area is 214 Å². The Bertz CT molecular complexity index is 1470. The molecule has 5 rings (SSSR count). The molecule has 1 fully saturated rings. The fraction of sp³-hybridized carbons (Fsp3) is 0.0714. The van der Waals surface area contributed by atoms with E-state index >= 15 is 0 Å². The number of halogens is 2. The first-order valence-corrected chi connectivity index (χ1v) is 12.5. The number of carbonyl (C=O) groups is 2. The van der Waals surface area contributed by atoms with Crippen molar-refractivity contribution in [3.05, 3.63) is 117 Å². The SMILES string of the molecule is O=C1S/C(=C\c2ccc(OCc3ccc(F)cc3)c(Br)c2)C(=O)N1Cc1ccc2ccccc2c1. The van der Waals surface area contributed by atoms with Crippen molar-refractivity contribution < 1.29 is 18.7 Å². The molecule has 174 valence electrons. The number of hydrogen-bond donors (Lipinski definition) is 0. The largest absolute Gasteiger partial charge is 0.488 e. The predicted octanol–water partition coefficient (Wildman–Crippen LogP) is 7.56. The van der Waals surface area contributed by atoms with Gasteiger partial charge in [-0.15, -0.1) is 0 Å². The van der Waals surface area contributed by atoms with E-state index in [0.717, 1.165) is 39.2 Å². The fourth-order valence-corrected chi connectivity index (χ4v) is 5.12. The second kappa shape index (κ2) is 10.1. The molecule has 1 aliphatic heterocycles. The fourth-order valence-electron chi connectivity index (χ4n) is 3.77. The van der Waals surface area contributed by atoms with Gasteiger partial charge in [0.15, 0.2) is 0 Å². The standard InChI is InChI=1S/C28H19BrFNO3S/c29-24-14-19(8-12-25(24)34-17-18-6-10-23(30)11-7-18)15-26-27(32)31(28(33)35-26)16-20-5-9-21-3-1-2-4-22(21)13-20/h1-15H,16-17H2/b26-15-. The highest BCUT2D eigenvalue weighted by atomic mass is 79.9. The van der Waals surface area contributed by atoms with Gasteiger partial charge in [-0.2, -0.15) is 0 Å². The molecule has 4 aromatic carbocycles. The second-order valence-electron chi connectivity index (χ2n) is 8.05. The van der Waals surface area contributed by atoms with Crippen molar-refractivity contribution in [2.24, 2.45) is 0 Å². The zero-order valence-electron chi connectivity index (χ0n) is 18.4. The number of hydrogen-bond acceptors (Lipinski definition) is 4. The van der Waals surface area contributed by atoms with Gasteiger partial charge in [-0.3, -0.25) is 14.5 Å². The lowest BCUT2D eigenvalue weighted by molar-refractivity contribution is -0.123. The van der Waals surface area contributed by atoms with Gasteiger partial charge in [0.2, 0.25) is 0 Å². The summed E-state index contributed by atoms with van der Waals surface area (Å²) in [5, 5.41) is 1.90. The lowest BCUT2D eigenvalue weighted by Crippen LogP contribution is -2.27. The third-order valence-electron chi connectivity index (χ3n) is 5.59. The molecule has 0 aromatic heterocycles. The summed E-state index contributed by atoms with van der Waals surface area (Å²) in [6.07, 6.45) is 1.71. The van der Waals surface area contributed by atoms with Crippen molar-refractivity contribution in [1.82, 2.24) is 4.90 Å². The second-order valence-corrected chi connectivity index (χ2v) is 9.90. The van der Waals surface area contributed by atoms with Gasteiger partial charge in [-0.25, -0.2) is 4.39 Å². The molecule has 7 heteroatoms. The third kappa shape index (κ3) is 5.31. The topological polar surface area (TPSA) is 46.6 Å². The van der Waals surface area contributed by atoms with Gasteiger partial charge >= 0.3 is 0 Å². The summed E-state index contributed by atoms with van der Waals surface area (Å²) in [5.74, 6) is 0.0257. The number of nitrogens with zero attached hydrogens (tertiary/aromatic N) is 1. The molecule has 0 spiro atoms. The number of amides is 2. The summed E-state index contributed by atoms with van der Waals surface area (Å²) in [5.41, 5.74) is 2.52. The van der Waals surface area contributed by atoms with Crippen molar-refractivity contribution in [3.63, 3.8) is 0 Å². The quantitative estimate of drug-likeness (QED) is 0.234. The van der Waals surface area contributed by atoms with E-state index in [1.165, 1.54) is 17.0 Å². The van der Waals surface area contributed by atoms with Gasteiger partial charge in [-0.05, 0) is 91.6 Å². The molecular formula is C28H19BrFNO3S. The summed E-state index contributed by atoms with van der Waals surface area (Å²) in [7, 11) is 0. The normalized spacial score (nSPS) is 14.8. The van der Waals surface area contributed by atoms with Crippen molar-refractivity contribution in [1.29, 1.82) is 0 Å². The maximum Gasteiger partial charge on any atom is 0.293 e. The molecule has 4 nitrogen and oxygen atoms in total. The highest BCUT2D eigenvalue weighted by Crippen LogP contribution is 2.35. The molecule has 2 amide bonds. The Morgan fingerprint density at radius 2 is 1.63 bits per heavy atom. The van der Waals surface area contributed by atoms with E-state index in [1.54, 1.807) is 24.3 Å². The molecule has 0 N–H and O–H groups in total. The first kappa shape index (κ1) is 23.3. The van der Waals surface area contributed by atoms with Crippen LogP contribution in [0, 0.1) is 5.82 Å². The lowest BCUT2D eigenvalue weighted by Gasteiger charge is -2.13. The van der Waals surface area contributed by atoms with Crippen molar-refractivity contribution in [2.75, 3.05) is 0 Å². The molecule has 0 bridgehead atoms. The van der Waals surface area contributed by atoms with Crippen LogP contribution in [-0.4, -0.2) is 16.0 Å². The number of fused-ring (bicyclic) bond motifs is 1. The molecule has 0 saturated carbocycles. The van der Waals surface area contributed by atoms with Gasteiger partial charge in [0, 0.05) is 0 Å². The molecule has 0 unspecified atom stereocenters. The molecule has 0 aliphatic carbocycles. The van der Waals surface area contributed by atoms with Crippen LogP contribution in [0.15, 0.2) is 94.3 Å². The van der Waals surface area contributed by atoms with Crippen LogP contribution in [-0.2, 0) is 17.9 Å². The van der Waals surface area contributed by atoms with Gasteiger partial charge in [0.05, 0.1) is 15.9 Å². The first-order valence-electron chi connectivity index (χ1n) is 10.9. The Morgan fingerprint density at radius 1 is 0.886 bits per heavy atom. The number of ether oxygens (including phenoxy) is 1. The van der Waals surface area contributed by atoms with Gasteiger partial charge < -0.3 is 4.74 Å². The van der Waals surface area contributed by atoms with Crippen LogP contribution in [0.4, 0.5) is 9.18 Å². The summed E-state index contributed by atoms with van der Waals surface area (Å²) in [4.78, 5) is 27.2. The number of carbonyl (C=O) groups excluding carboxylic acids is 2. The van der Waals surface area contributed by atoms with Crippen LogP contribution < -0.4 is 4.74 Å². The first-order chi connectivity index (χ1) is 17.0. The molecular weight excluding hydrogens is 529 g/mol. The monoisotopic (exact) mass is 547 g/mol. The van der Waals surface area contributed by atoms with Gasteiger partial charge in [-0.1, -0.05) is 54.6 Å². The van der Waals surface area contributed by atoms with E-state index in [0.29, 0.717) is 21.7 Å². The smallest absolute Gasteiger partial charge is 0.293 e. The average Bonchev–Trinajstić information content (AvgIpc) is 3.12. The molecule has 1 heterocycles. The van der Waals surface area contributed by atoms with E-state index in [-0.39, 0.29) is 23.5 Å². The molecule has 4 aromatic rings. The Kier molecular flexibility index (Phi) is 6.70. The average molecular weight is 548 g/mol. The maximum absolute atomic E-state index is 13.1. The highest BCUT2D eigenvalue weighted by Gasteiger charge is 2.35. The van der Waals surface area contributed by atoms with E-state index in [2.05, 4.69) is 15.9 Å². The van der Waals surface area contributed by atoms with Crippen molar-refractivity contribution in [2.45, 2.75) is 13.2 Å². The zero-order valence-corrected chi connectivity index (χ0v) is 20.8. The molecule has 35 heavy (non-hydrogen) atoms. The van der Waals surface area contributed by atoms with E-state index in [1.807, 2.05) is 54.6 Å². The number of rotatable bonds is 6. The van der Waals surface area contributed by atoms with Crippen LogP contribution in [0.2, 0.25) is 0 Å². The predicted molar refractivity (Wildman–Crippen MR) is 140 cm³/mol. The summed E-state index contributed by atoms with van der Waals surface area (Å²) < 4.78 is 19.6. The van der Waals surface area contributed by atoms with Gasteiger partial charge in [0.25, 0.3) is 11.1 Å². The van der Waals surface area contributed by atoms with Crippen LogP contribution in [0.25, 0.3) is 16.8 Å². The van der Waals surface area contributed by atoms with Crippen molar-refractivity contribution in [3.8, 4) is 5.75 Å². The minimum absolute atomic E-state index is 0.229. The summed E-state index contributed by atoms with van der Waals surface area (Å²) in [6.45, 7) is 0.526. The molecule has 0 radical (unpaired) electrons. The van der Waals surface area contributed by atoms with E-state index in [4.69, 9.17) is 4.74 Å². The number of thioether (sulfide) groups is 1. The maximum atomic E-state index is 13.1. The van der Waals surface area contributed by atoms with E-state index < -0.39 is 0 Å². The summed E-state index contributed by atoms with van der Waals surface area (Å²) >= 11 is 4.44. The van der Waals surface area contributed by atoms with E-state index in [9.17, 15) is 14.0 Å². The Balaban J connectivity index is 1.28. The molecule has 0 atom stereocenters. The van der Waals surface area contributed by atoms with Crippen LogP contribution >= 0.6 is 27.7 Å². The van der Waals surface area contributed by atoms with Crippen molar-refractivity contribution >= 4 is 55.7 Å². The molecule has 1 aliphatic rings. The molecule has 1 saturated heterocycles. The minimum Gasteiger partial charge on any atom is -0.488 e. The summed E-state index contributed by atoms with van der Waals surface area (Å²) in [6, 6.07) is 25.5. The van der Waals surface area contributed by atoms with Crippen LogP contribution in [0.5, 0.6) is 5.75 Å². The van der Waals surface area contributed by atoms with Crippen LogP contribution in [0.1, 0.15) is 16.7 Å². The highest BCUT2D eigenvalue weighted by molar-refractivity contribution is 9.10. The van der Waals surface area contributed by atoms with Crippen LogP contribution in [0.3, 0.4) is 0 Å². The Hall–Kier alpha value is -3.42. The number of benzene rings is 4. The Morgan fingerprint density at radius 3 is 2.40 bits per heavy atom. The third-order valence-corrected chi connectivity index (χ3v) is 7.12. The number of imide groups is 1. The van der Waals surface area contributed by atoms with Gasteiger partial charge in [0.1, 0.15) is 18.2 Å². The minimum atomic E-state index is -0.305. The zero-order chi connectivity index (χ0) is 24.4.